The third-order valence-electron chi connectivity index (χ3n) is 7.69. The summed E-state index contributed by atoms with van der Waals surface area (Å²) in [6.07, 6.45) is 6.03. The lowest BCUT2D eigenvalue weighted by atomic mass is 9.86. The van der Waals surface area contributed by atoms with Crippen LogP contribution >= 0.6 is 0 Å². The molecule has 2 aliphatic rings. The van der Waals surface area contributed by atoms with Crippen LogP contribution in [-0.4, -0.2) is 56.2 Å². The van der Waals surface area contributed by atoms with Gasteiger partial charge in [0.25, 0.3) is 11.8 Å². The van der Waals surface area contributed by atoms with Crippen LogP contribution in [0.25, 0.3) is 0 Å². The minimum atomic E-state index is -1.08. The lowest BCUT2D eigenvalue weighted by Crippen LogP contribution is -2.50. The molecule has 1 aromatic carbocycles. The smallest absolute Gasteiger partial charge is 0.256 e. The van der Waals surface area contributed by atoms with E-state index in [-0.39, 0.29) is 29.6 Å². The lowest BCUT2D eigenvalue weighted by Gasteiger charge is -2.39. The Morgan fingerprint density at radius 1 is 1.07 bits per heavy atom. The van der Waals surface area contributed by atoms with Crippen molar-refractivity contribution >= 4 is 40.5 Å². The maximum absolute atomic E-state index is 12.8. The van der Waals surface area contributed by atoms with Crippen molar-refractivity contribution in [1.29, 1.82) is 5.41 Å². The number of anilines is 4. The molecule has 10 heteroatoms. The van der Waals surface area contributed by atoms with Gasteiger partial charge in [-0.25, -0.2) is 9.97 Å². The molecule has 2 fully saturated rings. The Balaban J connectivity index is 1.29. The number of amides is 2. The number of nitrogen functional groups attached to an aromatic ring is 1. The van der Waals surface area contributed by atoms with Crippen molar-refractivity contribution in [1.82, 2.24) is 14.9 Å². The number of carbonyl (C=O) groups is 2. The van der Waals surface area contributed by atoms with Crippen molar-refractivity contribution in [3.8, 4) is 0 Å². The Morgan fingerprint density at radius 3 is 2.50 bits per heavy atom. The number of hydrogen-bond donors (Lipinski definition) is 5. The normalized spacial score (nSPS) is 19.5. The number of rotatable bonds is 8. The zero-order valence-electron chi connectivity index (χ0n) is 22.7. The first-order valence-electron chi connectivity index (χ1n) is 13.7. The van der Waals surface area contributed by atoms with Gasteiger partial charge in [-0.05, 0) is 93.5 Å². The van der Waals surface area contributed by atoms with Gasteiger partial charge in [0.1, 0.15) is 17.7 Å². The van der Waals surface area contributed by atoms with Crippen LogP contribution in [0.1, 0.15) is 66.9 Å². The molecule has 2 aromatic heterocycles. The van der Waals surface area contributed by atoms with Crippen LogP contribution in [0.3, 0.4) is 0 Å². The fraction of sp³-hybridized carbons (Fsp3) is 0.367. The number of piperidine rings is 1. The summed E-state index contributed by atoms with van der Waals surface area (Å²) in [7, 11) is 0. The Kier molecular flexibility index (Phi) is 7.79. The minimum absolute atomic E-state index is 0.000102. The maximum atomic E-state index is 12.8. The predicted octanol–water partition coefficient (Wildman–Crippen LogP) is 4.31. The van der Waals surface area contributed by atoms with Gasteiger partial charge in [-0.1, -0.05) is 0 Å². The van der Waals surface area contributed by atoms with Crippen molar-refractivity contribution in [2.45, 2.75) is 57.6 Å². The Hall–Kier alpha value is -4.31. The van der Waals surface area contributed by atoms with Gasteiger partial charge in [0.2, 0.25) is 0 Å². The van der Waals surface area contributed by atoms with Crippen molar-refractivity contribution in [2.24, 2.45) is 5.92 Å². The van der Waals surface area contributed by atoms with Crippen molar-refractivity contribution < 1.29 is 14.7 Å². The first-order valence-corrected chi connectivity index (χ1v) is 13.7. The highest BCUT2D eigenvalue weighted by atomic mass is 16.3. The summed E-state index contributed by atoms with van der Waals surface area (Å²) in [4.78, 5) is 35.5. The van der Waals surface area contributed by atoms with Gasteiger partial charge < -0.3 is 31.8 Å². The molecule has 0 bridgehead atoms. The number of carbonyl (C=O) groups excluding carboxylic acids is 2. The molecular weight excluding hydrogens is 506 g/mol. The number of hydrogen-bond acceptors (Lipinski definition) is 8. The molecule has 3 heterocycles. The molecule has 5 rings (SSSR count). The number of aliphatic hydroxyl groups is 1. The third kappa shape index (κ3) is 5.96. The molecule has 2 amide bonds. The van der Waals surface area contributed by atoms with E-state index in [2.05, 4.69) is 20.6 Å². The summed E-state index contributed by atoms with van der Waals surface area (Å²) in [5.74, 6) is 0.564. The number of pyridine rings is 2. The van der Waals surface area contributed by atoms with E-state index in [1.807, 2.05) is 19.1 Å². The summed E-state index contributed by atoms with van der Waals surface area (Å²) in [6, 6.07) is 12.6. The molecule has 0 radical (unpaired) electrons. The van der Waals surface area contributed by atoms with Crippen LogP contribution in [-0.2, 0) is 4.79 Å². The van der Waals surface area contributed by atoms with Gasteiger partial charge in [-0.15, -0.1) is 0 Å². The fourth-order valence-corrected chi connectivity index (χ4v) is 5.17. The molecule has 6 N–H and O–H groups in total. The standard InChI is InChI=1S/C30H35N7O3/c1-17-3-4-22(16-37(17)30(40)18(2)38)26(31)24-12-14-34-28(32)27(24)35-23-9-7-20(8-10-23)29(39)36-25-15-21(11-13-33-25)19-5-6-19/h7-15,17-19,22,31,35,38H,3-6,16H2,1-2H3,(H2,32,34)(H,33,36,39)/t17-,18-,22+/m0/s1. The first-order chi connectivity index (χ1) is 19.2. The highest BCUT2D eigenvalue weighted by Gasteiger charge is 2.33. The highest BCUT2D eigenvalue weighted by molar-refractivity contribution is 6.07. The Labute approximate surface area is 233 Å². The molecule has 3 atom stereocenters. The van der Waals surface area contributed by atoms with E-state index in [1.165, 1.54) is 25.3 Å². The van der Waals surface area contributed by atoms with Crippen LogP contribution < -0.4 is 16.4 Å². The summed E-state index contributed by atoms with van der Waals surface area (Å²) < 4.78 is 0. The predicted molar refractivity (Wildman–Crippen MR) is 155 cm³/mol. The van der Waals surface area contributed by atoms with E-state index in [9.17, 15) is 14.7 Å². The van der Waals surface area contributed by atoms with Gasteiger partial charge in [0.15, 0.2) is 0 Å². The molecule has 3 aromatic rings. The molecule has 1 saturated carbocycles. The zero-order chi connectivity index (χ0) is 28.4. The van der Waals surface area contributed by atoms with Crippen LogP contribution in [0, 0.1) is 11.3 Å². The third-order valence-corrected chi connectivity index (χ3v) is 7.69. The highest BCUT2D eigenvalue weighted by Crippen LogP contribution is 2.40. The van der Waals surface area contributed by atoms with E-state index in [1.54, 1.807) is 47.6 Å². The number of aromatic nitrogens is 2. The fourth-order valence-electron chi connectivity index (χ4n) is 5.17. The number of benzene rings is 1. The van der Waals surface area contributed by atoms with Gasteiger partial charge in [-0.2, -0.15) is 0 Å². The average Bonchev–Trinajstić information content (AvgIpc) is 3.80. The second kappa shape index (κ2) is 11.4. The van der Waals surface area contributed by atoms with E-state index in [0.717, 1.165) is 12.8 Å². The van der Waals surface area contributed by atoms with Crippen LogP contribution in [0.15, 0.2) is 54.9 Å². The van der Waals surface area contributed by atoms with Crippen molar-refractivity contribution in [3.63, 3.8) is 0 Å². The molecule has 208 valence electrons. The number of nitrogens with one attached hydrogen (secondary N) is 3. The minimum Gasteiger partial charge on any atom is -0.384 e. The molecule has 0 unspecified atom stereocenters. The lowest BCUT2D eigenvalue weighted by molar-refractivity contribution is -0.143. The topological polar surface area (TPSA) is 157 Å². The zero-order valence-corrected chi connectivity index (χ0v) is 22.7. The first kappa shape index (κ1) is 27.3. The molecule has 1 saturated heterocycles. The molecule has 10 nitrogen and oxygen atoms in total. The largest absolute Gasteiger partial charge is 0.384 e. The van der Waals surface area contributed by atoms with E-state index >= 15 is 0 Å². The van der Waals surface area contributed by atoms with Gasteiger partial charge in [0, 0.05) is 53.4 Å². The second-order valence-corrected chi connectivity index (χ2v) is 10.7. The maximum Gasteiger partial charge on any atom is 0.256 e. The van der Waals surface area contributed by atoms with Crippen LogP contribution in [0.2, 0.25) is 0 Å². The SMILES string of the molecule is C[C@H](O)C(=O)N1C[C@H](C(=N)c2ccnc(N)c2Nc2ccc(C(=O)Nc3cc(C4CC4)ccn3)cc2)CC[C@@H]1C. The summed E-state index contributed by atoms with van der Waals surface area (Å²) in [5.41, 5.74) is 10.0. The Morgan fingerprint density at radius 2 is 1.80 bits per heavy atom. The van der Waals surface area contributed by atoms with Gasteiger partial charge in [0.05, 0.1) is 5.69 Å². The Bertz CT molecular complexity index is 1420. The van der Waals surface area contributed by atoms with E-state index in [0.29, 0.717) is 46.5 Å². The number of likely N-dealkylation sites (tertiary alicyclic amines) is 1. The molecular formula is C30H35N7O3. The van der Waals surface area contributed by atoms with Crippen LogP contribution in [0.4, 0.5) is 23.0 Å². The van der Waals surface area contributed by atoms with Crippen molar-refractivity contribution in [2.75, 3.05) is 22.9 Å². The molecule has 40 heavy (non-hydrogen) atoms. The summed E-state index contributed by atoms with van der Waals surface area (Å²) in [6.45, 7) is 3.78. The number of nitrogens with two attached hydrogens (primary N) is 1. The summed E-state index contributed by atoms with van der Waals surface area (Å²) >= 11 is 0. The molecule has 1 aliphatic heterocycles. The van der Waals surface area contributed by atoms with Gasteiger partial charge in [-0.3, -0.25) is 9.59 Å². The average molecular weight is 542 g/mol. The summed E-state index contributed by atoms with van der Waals surface area (Å²) in [5, 5.41) is 25.0. The second-order valence-electron chi connectivity index (χ2n) is 10.7. The quantitative estimate of drug-likeness (QED) is 0.266. The van der Waals surface area contributed by atoms with E-state index in [4.69, 9.17) is 11.1 Å². The number of nitrogens with zero attached hydrogens (tertiary/aromatic N) is 3. The van der Waals surface area contributed by atoms with Crippen LogP contribution in [0.5, 0.6) is 0 Å². The molecule has 0 spiro atoms. The van der Waals surface area contributed by atoms with Crippen molar-refractivity contribution in [3.05, 3.63) is 71.5 Å². The monoisotopic (exact) mass is 541 g/mol. The van der Waals surface area contributed by atoms with Gasteiger partial charge >= 0.3 is 0 Å². The molecule has 1 aliphatic carbocycles. The van der Waals surface area contributed by atoms with E-state index < -0.39 is 6.10 Å². The number of aliphatic hydroxyl groups excluding tert-OH is 1.